The lowest BCUT2D eigenvalue weighted by Crippen LogP contribution is -2.00. The molecule has 8 aromatic rings. The molecule has 0 atom stereocenters. The maximum Gasteiger partial charge on any atom is 0.164 e. The predicted octanol–water partition coefficient (Wildman–Crippen LogP) is 9.84. The molecule has 1 aliphatic carbocycles. The van der Waals surface area contributed by atoms with E-state index in [9.17, 15) is 0 Å². The molecule has 3 heterocycles. The quantitative estimate of drug-likeness (QED) is 0.209. The highest BCUT2D eigenvalue weighted by Crippen LogP contribution is 2.37. The molecule has 3 aromatic heterocycles. The Morgan fingerprint density at radius 3 is 1.89 bits per heavy atom. The van der Waals surface area contributed by atoms with E-state index in [1.165, 1.54) is 22.2 Å². The summed E-state index contributed by atoms with van der Waals surface area (Å²) in [5.74, 6) is 1.90. The van der Waals surface area contributed by atoms with Gasteiger partial charge in [-0.1, -0.05) is 103 Å². The molecule has 45 heavy (non-hydrogen) atoms. The van der Waals surface area contributed by atoms with Gasteiger partial charge in [0.2, 0.25) is 0 Å². The predicted molar refractivity (Wildman–Crippen MR) is 182 cm³/mol. The van der Waals surface area contributed by atoms with Crippen LogP contribution >= 0.6 is 0 Å². The van der Waals surface area contributed by atoms with E-state index in [4.69, 9.17) is 19.4 Å². The zero-order valence-electron chi connectivity index (χ0n) is 24.3. The lowest BCUT2D eigenvalue weighted by molar-refractivity contribution is 0.669. The Labute approximate surface area is 259 Å². The number of benzene rings is 5. The van der Waals surface area contributed by atoms with Crippen molar-refractivity contribution in [3.8, 4) is 39.9 Å². The maximum absolute atomic E-state index is 6.34. The third-order valence-electron chi connectivity index (χ3n) is 8.51. The summed E-state index contributed by atoms with van der Waals surface area (Å²) in [6.45, 7) is 0. The Bertz CT molecular complexity index is 2390. The molecular formula is C40H26N4O. The van der Waals surface area contributed by atoms with E-state index in [0.717, 1.165) is 50.7 Å². The summed E-state index contributed by atoms with van der Waals surface area (Å²) < 4.78 is 8.72. The van der Waals surface area contributed by atoms with Crippen molar-refractivity contribution in [1.29, 1.82) is 0 Å². The van der Waals surface area contributed by atoms with Gasteiger partial charge in [0.15, 0.2) is 17.5 Å². The van der Waals surface area contributed by atoms with Crippen LogP contribution in [0.1, 0.15) is 11.3 Å². The number of allylic oxidation sites excluding steroid dienone is 3. The summed E-state index contributed by atoms with van der Waals surface area (Å²) in [5.41, 5.74) is 9.32. The average molecular weight is 579 g/mol. The molecule has 0 unspecified atom stereocenters. The Morgan fingerprint density at radius 2 is 1.16 bits per heavy atom. The van der Waals surface area contributed by atoms with Crippen LogP contribution in [0.4, 0.5) is 0 Å². The van der Waals surface area contributed by atoms with Gasteiger partial charge < -0.3 is 8.98 Å². The molecule has 0 amide bonds. The normalized spacial score (nSPS) is 12.6. The van der Waals surface area contributed by atoms with Crippen molar-refractivity contribution >= 4 is 38.9 Å². The first-order valence-electron chi connectivity index (χ1n) is 15.1. The molecule has 0 N–H and O–H groups in total. The van der Waals surface area contributed by atoms with Gasteiger partial charge in [-0.05, 0) is 42.5 Å². The molecule has 5 nitrogen and oxygen atoms in total. The number of rotatable bonds is 4. The Kier molecular flexibility index (Phi) is 5.81. The van der Waals surface area contributed by atoms with Crippen LogP contribution < -0.4 is 0 Å². The molecule has 1 aliphatic rings. The van der Waals surface area contributed by atoms with Gasteiger partial charge in [0.25, 0.3) is 0 Å². The summed E-state index contributed by atoms with van der Waals surface area (Å²) in [6.07, 6.45) is 9.56. The molecule has 5 aromatic carbocycles. The summed E-state index contributed by atoms with van der Waals surface area (Å²) in [7, 11) is 0. The largest absolute Gasteiger partial charge is 0.456 e. The van der Waals surface area contributed by atoms with E-state index in [1.54, 1.807) is 0 Å². The fourth-order valence-electron chi connectivity index (χ4n) is 6.39. The van der Waals surface area contributed by atoms with Crippen molar-refractivity contribution in [2.75, 3.05) is 0 Å². The molecule has 5 heteroatoms. The minimum Gasteiger partial charge on any atom is -0.456 e. The van der Waals surface area contributed by atoms with Gasteiger partial charge in [-0.2, -0.15) is 0 Å². The molecule has 212 valence electrons. The van der Waals surface area contributed by atoms with Crippen molar-refractivity contribution in [3.63, 3.8) is 0 Å². The van der Waals surface area contributed by atoms with Crippen LogP contribution in [0.2, 0.25) is 0 Å². The fraction of sp³-hybridized carbons (Fsp3) is 0.0250. The number of aromatic nitrogens is 4. The van der Waals surface area contributed by atoms with E-state index in [1.807, 2.05) is 72.8 Å². The molecular weight excluding hydrogens is 552 g/mol. The zero-order valence-corrected chi connectivity index (χ0v) is 24.3. The molecule has 0 aliphatic heterocycles. The highest BCUT2D eigenvalue weighted by atomic mass is 16.3. The summed E-state index contributed by atoms with van der Waals surface area (Å²) in [4.78, 5) is 14.8. The van der Waals surface area contributed by atoms with E-state index < -0.39 is 0 Å². The highest BCUT2D eigenvalue weighted by Gasteiger charge is 2.19. The van der Waals surface area contributed by atoms with Crippen molar-refractivity contribution in [1.82, 2.24) is 19.5 Å². The Morgan fingerprint density at radius 1 is 0.533 bits per heavy atom. The second-order valence-corrected chi connectivity index (χ2v) is 11.2. The number of furan rings is 1. The van der Waals surface area contributed by atoms with Crippen LogP contribution in [0.3, 0.4) is 0 Å². The van der Waals surface area contributed by atoms with Gasteiger partial charge in [0, 0.05) is 56.2 Å². The van der Waals surface area contributed by atoms with Crippen LogP contribution in [0.5, 0.6) is 0 Å². The molecule has 0 saturated heterocycles. The Balaban J connectivity index is 1.23. The van der Waals surface area contributed by atoms with Crippen molar-refractivity contribution in [3.05, 3.63) is 151 Å². The molecule has 0 radical (unpaired) electrons. The van der Waals surface area contributed by atoms with Crippen LogP contribution in [-0.4, -0.2) is 19.5 Å². The van der Waals surface area contributed by atoms with E-state index >= 15 is 0 Å². The van der Waals surface area contributed by atoms with Gasteiger partial charge >= 0.3 is 0 Å². The third kappa shape index (κ3) is 4.28. The van der Waals surface area contributed by atoms with Gasteiger partial charge in [-0.25, -0.2) is 15.0 Å². The van der Waals surface area contributed by atoms with Crippen molar-refractivity contribution in [2.24, 2.45) is 0 Å². The number of hydrogen-bond acceptors (Lipinski definition) is 4. The van der Waals surface area contributed by atoms with Crippen LogP contribution in [0.25, 0.3) is 78.8 Å². The number of fused-ring (bicyclic) bond motifs is 6. The van der Waals surface area contributed by atoms with E-state index in [2.05, 4.69) is 77.4 Å². The third-order valence-corrected chi connectivity index (χ3v) is 8.51. The van der Waals surface area contributed by atoms with Gasteiger partial charge in [0.1, 0.15) is 11.2 Å². The van der Waals surface area contributed by atoms with E-state index in [-0.39, 0.29) is 0 Å². The topological polar surface area (TPSA) is 56.7 Å². The average Bonchev–Trinajstić information content (AvgIpc) is 3.51. The highest BCUT2D eigenvalue weighted by molar-refractivity contribution is 6.07. The zero-order chi connectivity index (χ0) is 29.7. The number of hydrogen-bond donors (Lipinski definition) is 0. The standard InChI is InChI=1S/C40H26N4O/c1-4-12-26(13-5-1)38-41-39(27-14-6-2-7-15-27)43-40(42-38)28-20-22-36-32(24-28)33-25-29(21-23-37(33)45-36)44-34-18-9-3-8-16-30(34)31-17-10-11-19-35(31)44/h1-17,19-25H,18H2. The first-order valence-corrected chi connectivity index (χ1v) is 15.1. The molecule has 9 rings (SSSR count). The second-order valence-electron chi connectivity index (χ2n) is 11.2. The van der Waals surface area contributed by atoms with Crippen molar-refractivity contribution in [2.45, 2.75) is 6.42 Å². The SMILES string of the molecule is C1=CCc2c(c3ccccc3n2-c2ccc3oc4ccc(-c5nc(-c6ccccc6)nc(-c6ccccc6)n5)cc4c3c2)C=C1. The summed E-state index contributed by atoms with van der Waals surface area (Å²) >= 11 is 0. The fourth-order valence-corrected chi connectivity index (χ4v) is 6.39. The lowest BCUT2D eigenvalue weighted by Gasteiger charge is -2.11. The lowest BCUT2D eigenvalue weighted by atomic mass is 10.1. The number of nitrogens with zero attached hydrogens (tertiary/aromatic N) is 4. The minimum atomic E-state index is 0.621. The molecule has 0 spiro atoms. The Hall–Kier alpha value is -6.07. The summed E-state index contributed by atoms with van der Waals surface area (Å²) in [6, 6.07) is 41.4. The molecule has 0 bridgehead atoms. The monoisotopic (exact) mass is 578 g/mol. The summed E-state index contributed by atoms with van der Waals surface area (Å²) in [5, 5.41) is 3.33. The van der Waals surface area contributed by atoms with Gasteiger partial charge in [-0.3, -0.25) is 0 Å². The van der Waals surface area contributed by atoms with Gasteiger partial charge in [0.05, 0.1) is 5.52 Å². The first-order chi connectivity index (χ1) is 22.3. The van der Waals surface area contributed by atoms with Crippen molar-refractivity contribution < 1.29 is 4.42 Å². The van der Waals surface area contributed by atoms with E-state index in [0.29, 0.717) is 17.5 Å². The van der Waals surface area contributed by atoms with Gasteiger partial charge in [-0.15, -0.1) is 0 Å². The number of para-hydroxylation sites is 1. The minimum absolute atomic E-state index is 0.621. The van der Waals surface area contributed by atoms with Crippen LogP contribution in [0.15, 0.2) is 144 Å². The van der Waals surface area contributed by atoms with Crippen LogP contribution in [0, 0.1) is 0 Å². The molecule has 0 saturated carbocycles. The second kappa shape index (κ2) is 10.3. The molecule has 0 fully saturated rings. The van der Waals surface area contributed by atoms with Crippen LogP contribution in [-0.2, 0) is 6.42 Å². The smallest absolute Gasteiger partial charge is 0.164 e. The maximum atomic E-state index is 6.34. The first kappa shape index (κ1) is 25.4.